The highest BCUT2D eigenvalue weighted by molar-refractivity contribution is 5.73. The third-order valence-electron chi connectivity index (χ3n) is 2.66. The number of aromatic nitrogens is 1. The minimum Gasteiger partial charge on any atom is -0.441 e. The van der Waals surface area contributed by atoms with Crippen LogP contribution in [0.5, 0.6) is 0 Å². The molecule has 0 radical (unpaired) electrons. The molecule has 0 aliphatic carbocycles. The molecule has 0 fully saturated rings. The van der Waals surface area contributed by atoms with Gasteiger partial charge in [0.25, 0.3) is 0 Å². The van der Waals surface area contributed by atoms with E-state index in [2.05, 4.69) is 4.98 Å². The molecule has 1 unspecified atom stereocenters. The van der Waals surface area contributed by atoms with Gasteiger partial charge in [0.15, 0.2) is 11.5 Å². The van der Waals surface area contributed by atoms with E-state index in [1.54, 1.807) is 13.0 Å². The molecule has 0 saturated heterocycles. The highest BCUT2D eigenvalue weighted by Gasteiger charge is 2.42. The Kier molecular flexibility index (Phi) is 3.06. The molecule has 2 rings (SSSR count). The predicted octanol–water partition coefficient (Wildman–Crippen LogP) is 3.30. The molecule has 0 aliphatic rings. The molecule has 0 amide bonds. The third kappa shape index (κ3) is 2.33. The maximum Gasteiger partial charge on any atom is 0.408 e. The molecule has 1 aromatic heterocycles. The Balaban J connectivity index is 2.51. The molecular weight excluding hydrogens is 245 g/mol. The molecule has 2 aromatic rings. The number of oxazole rings is 1. The highest BCUT2D eigenvalue weighted by atomic mass is 19.4. The van der Waals surface area contributed by atoms with Crippen molar-refractivity contribution < 1.29 is 17.6 Å². The number of fused-ring (bicyclic) bond motifs is 1. The normalized spacial score (nSPS) is 14.4. The molecule has 0 bridgehead atoms. The van der Waals surface area contributed by atoms with Gasteiger partial charge in [0.2, 0.25) is 0 Å². The van der Waals surface area contributed by atoms with Crippen molar-refractivity contribution in [1.82, 2.24) is 9.88 Å². The molecule has 18 heavy (non-hydrogen) atoms. The number of hydrogen-bond donors (Lipinski definition) is 0. The van der Waals surface area contributed by atoms with E-state index >= 15 is 0 Å². The van der Waals surface area contributed by atoms with E-state index in [0.29, 0.717) is 17.0 Å². The van der Waals surface area contributed by atoms with Crippen molar-refractivity contribution >= 4 is 11.1 Å². The molecule has 3 nitrogen and oxygen atoms in total. The zero-order chi connectivity index (χ0) is 13.5. The number of rotatable bonds is 2. The Bertz CT molecular complexity index is 560. The van der Waals surface area contributed by atoms with Gasteiger partial charge >= 0.3 is 6.18 Å². The summed E-state index contributed by atoms with van der Waals surface area (Å²) >= 11 is 0. The largest absolute Gasteiger partial charge is 0.441 e. The predicted molar refractivity (Wildman–Crippen MR) is 61.2 cm³/mol. The molecular formula is C12H13F3N2O. The SMILES string of the molecule is Cc1nc2ccc(C(N(C)C)C(F)(F)F)cc2o1. The lowest BCUT2D eigenvalue weighted by Gasteiger charge is -2.26. The van der Waals surface area contributed by atoms with Gasteiger partial charge in [-0.25, -0.2) is 4.98 Å². The molecule has 0 aliphatic heterocycles. The zero-order valence-corrected chi connectivity index (χ0v) is 10.2. The fourth-order valence-electron chi connectivity index (χ4n) is 2.01. The summed E-state index contributed by atoms with van der Waals surface area (Å²) in [6, 6.07) is 2.73. The molecule has 1 aromatic carbocycles. The second-order valence-electron chi connectivity index (χ2n) is 4.37. The van der Waals surface area contributed by atoms with Crippen molar-refractivity contribution in [2.75, 3.05) is 14.1 Å². The maximum absolute atomic E-state index is 13.0. The van der Waals surface area contributed by atoms with E-state index in [1.165, 1.54) is 26.2 Å². The smallest absolute Gasteiger partial charge is 0.408 e. The number of hydrogen-bond acceptors (Lipinski definition) is 3. The lowest BCUT2D eigenvalue weighted by Crippen LogP contribution is -2.33. The first kappa shape index (κ1) is 12.9. The topological polar surface area (TPSA) is 29.3 Å². The fraction of sp³-hybridized carbons (Fsp3) is 0.417. The average molecular weight is 258 g/mol. The Labute approximate surface area is 102 Å². The fourth-order valence-corrected chi connectivity index (χ4v) is 2.01. The van der Waals surface area contributed by atoms with E-state index in [-0.39, 0.29) is 5.56 Å². The van der Waals surface area contributed by atoms with Crippen molar-refractivity contribution in [3.05, 3.63) is 29.7 Å². The van der Waals surface area contributed by atoms with Crippen molar-refractivity contribution in [3.63, 3.8) is 0 Å². The van der Waals surface area contributed by atoms with E-state index in [4.69, 9.17) is 4.42 Å². The quantitative estimate of drug-likeness (QED) is 0.827. The van der Waals surface area contributed by atoms with Gasteiger partial charge in [-0.1, -0.05) is 6.07 Å². The number of nitrogens with zero attached hydrogens (tertiary/aromatic N) is 2. The summed E-state index contributed by atoms with van der Waals surface area (Å²) < 4.78 is 44.2. The highest BCUT2D eigenvalue weighted by Crippen LogP contribution is 2.37. The van der Waals surface area contributed by atoms with Crippen LogP contribution in [-0.2, 0) is 0 Å². The van der Waals surface area contributed by atoms with Crippen LogP contribution in [0.3, 0.4) is 0 Å². The van der Waals surface area contributed by atoms with Crippen molar-refractivity contribution in [3.8, 4) is 0 Å². The summed E-state index contributed by atoms with van der Waals surface area (Å²) in [5, 5.41) is 0. The van der Waals surface area contributed by atoms with Gasteiger partial charge in [0, 0.05) is 6.92 Å². The van der Waals surface area contributed by atoms with E-state index in [1.807, 2.05) is 0 Å². The molecule has 0 N–H and O–H groups in total. The molecule has 98 valence electrons. The van der Waals surface area contributed by atoms with Crippen molar-refractivity contribution in [1.29, 1.82) is 0 Å². The van der Waals surface area contributed by atoms with Gasteiger partial charge in [0.1, 0.15) is 11.6 Å². The van der Waals surface area contributed by atoms with E-state index in [9.17, 15) is 13.2 Å². The number of alkyl halides is 3. The third-order valence-corrected chi connectivity index (χ3v) is 2.66. The molecule has 1 atom stereocenters. The van der Waals surface area contributed by atoms with Crippen LogP contribution in [0.15, 0.2) is 22.6 Å². The maximum atomic E-state index is 13.0. The minimum absolute atomic E-state index is 0.149. The zero-order valence-electron chi connectivity index (χ0n) is 10.2. The first-order valence-electron chi connectivity index (χ1n) is 5.39. The number of benzene rings is 1. The van der Waals surface area contributed by atoms with Crippen molar-refractivity contribution in [2.24, 2.45) is 0 Å². The molecule has 0 spiro atoms. The first-order chi connectivity index (χ1) is 8.29. The monoisotopic (exact) mass is 258 g/mol. The van der Waals surface area contributed by atoms with Crippen LogP contribution in [0.4, 0.5) is 13.2 Å². The Morgan fingerprint density at radius 3 is 2.50 bits per heavy atom. The Hall–Kier alpha value is -1.56. The van der Waals surface area contributed by atoms with Crippen LogP contribution >= 0.6 is 0 Å². The summed E-state index contributed by atoms with van der Waals surface area (Å²) in [5.74, 6) is 0.440. The summed E-state index contributed by atoms with van der Waals surface area (Å²) in [6.07, 6.45) is -4.33. The van der Waals surface area contributed by atoms with Crippen LogP contribution in [0.2, 0.25) is 0 Å². The lowest BCUT2D eigenvalue weighted by molar-refractivity contribution is -0.179. The van der Waals surface area contributed by atoms with Crippen LogP contribution in [0.25, 0.3) is 11.1 Å². The second kappa shape index (κ2) is 4.28. The Morgan fingerprint density at radius 2 is 1.94 bits per heavy atom. The minimum atomic E-state index is -4.33. The summed E-state index contributed by atoms with van der Waals surface area (Å²) in [5.41, 5.74) is 1.09. The van der Waals surface area contributed by atoms with Gasteiger partial charge < -0.3 is 4.42 Å². The van der Waals surface area contributed by atoms with Crippen molar-refractivity contribution in [2.45, 2.75) is 19.1 Å². The molecule has 1 heterocycles. The summed E-state index contributed by atoms with van der Waals surface area (Å²) in [7, 11) is 2.79. The summed E-state index contributed by atoms with van der Waals surface area (Å²) in [4.78, 5) is 5.19. The van der Waals surface area contributed by atoms with Crippen LogP contribution in [0, 0.1) is 6.92 Å². The number of aryl methyl sites for hydroxylation is 1. The van der Waals surface area contributed by atoms with Crippen LogP contribution in [-0.4, -0.2) is 30.2 Å². The second-order valence-corrected chi connectivity index (χ2v) is 4.37. The van der Waals surface area contributed by atoms with Gasteiger partial charge in [-0.05, 0) is 31.8 Å². The standard InChI is InChI=1S/C12H13F3N2O/c1-7-16-9-5-4-8(6-10(9)18-7)11(17(2)3)12(13,14)15/h4-6,11H,1-3H3. The van der Waals surface area contributed by atoms with Gasteiger partial charge in [0.05, 0.1) is 0 Å². The number of halogens is 3. The Morgan fingerprint density at radius 1 is 1.28 bits per heavy atom. The van der Waals surface area contributed by atoms with Crippen LogP contribution < -0.4 is 0 Å². The van der Waals surface area contributed by atoms with E-state index < -0.39 is 12.2 Å². The van der Waals surface area contributed by atoms with Gasteiger partial charge in [-0.15, -0.1) is 0 Å². The van der Waals surface area contributed by atoms with Crippen LogP contribution in [0.1, 0.15) is 17.5 Å². The average Bonchev–Trinajstić information content (AvgIpc) is 2.54. The first-order valence-corrected chi connectivity index (χ1v) is 5.39. The van der Waals surface area contributed by atoms with E-state index in [0.717, 1.165) is 4.90 Å². The summed E-state index contributed by atoms with van der Waals surface area (Å²) in [6.45, 7) is 1.66. The van der Waals surface area contributed by atoms with Gasteiger partial charge in [-0.2, -0.15) is 13.2 Å². The van der Waals surface area contributed by atoms with Gasteiger partial charge in [-0.3, -0.25) is 4.90 Å². The lowest BCUT2D eigenvalue weighted by atomic mass is 10.1. The molecule has 6 heteroatoms. The molecule has 0 saturated carbocycles.